The van der Waals surface area contributed by atoms with Gasteiger partial charge >= 0.3 is 0 Å². The standard InChI is InChI=1S/C28H19FN6OS/c29-19-7-4-9-21(17-19)32-28-30-13-12-22(33-28)25-23-10-1-2-14-35(23)34-26(25)18-6-3-8-20(16-18)31-27(36)24-11-5-15-37-24/h1-17H,(H,31,36)(H,30,32,33). The smallest absolute Gasteiger partial charge is 0.265 e. The van der Waals surface area contributed by atoms with Crippen molar-refractivity contribution in [3.05, 3.63) is 113 Å². The third kappa shape index (κ3) is 4.67. The fourth-order valence-corrected chi connectivity index (χ4v) is 4.67. The fraction of sp³-hybridized carbons (Fsp3) is 0. The minimum absolute atomic E-state index is 0.161. The fourth-order valence-electron chi connectivity index (χ4n) is 4.05. The first-order valence-corrected chi connectivity index (χ1v) is 12.3. The van der Waals surface area contributed by atoms with E-state index in [2.05, 4.69) is 15.6 Å². The number of pyridine rings is 1. The molecule has 6 rings (SSSR count). The molecule has 4 aromatic heterocycles. The molecule has 4 heterocycles. The lowest BCUT2D eigenvalue weighted by atomic mass is 10.0. The number of aromatic nitrogens is 4. The lowest BCUT2D eigenvalue weighted by molar-refractivity contribution is 0.103. The van der Waals surface area contributed by atoms with Crippen molar-refractivity contribution >= 4 is 40.1 Å². The molecule has 0 aliphatic heterocycles. The lowest BCUT2D eigenvalue weighted by Crippen LogP contribution is -2.09. The van der Waals surface area contributed by atoms with E-state index in [4.69, 9.17) is 10.1 Å². The Morgan fingerprint density at radius 1 is 0.919 bits per heavy atom. The van der Waals surface area contributed by atoms with Gasteiger partial charge in [-0.2, -0.15) is 5.10 Å². The predicted octanol–water partition coefficient (Wildman–Crippen LogP) is 6.65. The van der Waals surface area contributed by atoms with Crippen LogP contribution < -0.4 is 10.6 Å². The molecule has 2 N–H and O–H groups in total. The molecule has 0 saturated heterocycles. The lowest BCUT2D eigenvalue weighted by Gasteiger charge is -2.09. The van der Waals surface area contributed by atoms with Gasteiger partial charge in [-0.25, -0.2) is 18.9 Å². The summed E-state index contributed by atoms with van der Waals surface area (Å²) >= 11 is 1.39. The molecular formula is C28H19FN6OS. The van der Waals surface area contributed by atoms with Gasteiger partial charge in [-0.05, 0) is 60.0 Å². The van der Waals surface area contributed by atoms with Crippen LogP contribution in [0.2, 0.25) is 0 Å². The summed E-state index contributed by atoms with van der Waals surface area (Å²) in [6.07, 6.45) is 3.52. The number of thiophene rings is 1. The molecular weight excluding hydrogens is 487 g/mol. The molecule has 0 aliphatic rings. The van der Waals surface area contributed by atoms with Crippen LogP contribution in [0.3, 0.4) is 0 Å². The van der Waals surface area contributed by atoms with E-state index in [9.17, 15) is 9.18 Å². The Bertz CT molecular complexity index is 1730. The molecule has 0 unspecified atom stereocenters. The van der Waals surface area contributed by atoms with Crippen LogP contribution in [0.5, 0.6) is 0 Å². The summed E-state index contributed by atoms with van der Waals surface area (Å²) < 4.78 is 15.5. The molecule has 0 saturated carbocycles. The summed E-state index contributed by atoms with van der Waals surface area (Å²) in [7, 11) is 0. The van der Waals surface area contributed by atoms with E-state index in [1.807, 2.05) is 66.2 Å². The minimum atomic E-state index is -0.350. The highest BCUT2D eigenvalue weighted by molar-refractivity contribution is 7.12. The van der Waals surface area contributed by atoms with Gasteiger partial charge in [0.25, 0.3) is 5.91 Å². The quantitative estimate of drug-likeness (QED) is 0.264. The van der Waals surface area contributed by atoms with Crippen LogP contribution >= 0.6 is 11.3 Å². The van der Waals surface area contributed by atoms with Gasteiger partial charge in [-0.1, -0.05) is 30.3 Å². The Morgan fingerprint density at radius 2 is 1.81 bits per heavy atom. The zero-order valence-corrected chi connectivity index (χ0v) is 20.1. The van der Waals surface area contributed by atoms with Gasteiger partial charge in [0.15, 0.2) is 0 Å². The zero-order chi connectivity index (χ0) is 25.2. The van der Waals surface area contributed by atoms with E-state index in [-0.39, 0.29) is 11.7 Å². The maximum atomic E-state index is 13.7. The van der Waals surface area contributed by atoms with Crippen molar-refractivity contribution in [2.45, 2.75) is 0 Å². The highest BCUT2D eigenvalue weighted by Gasteiger charge is 2.19. The molecule has 2 aromatic carbocycles. The Hall–Kier alpha value is -4.89. The van der Waals surface area contributed by atoms with Crippen molar-refractivity contribution in [3.8, 4) is 22.5 Å². The van der Waals surface area contributed by atoms with Crippen LogP contribution in [0.25, 0.3) is 28.0 Å². The summed E-state index contributed by atoms with van der Waals surface area (Å²) in [6, 6.07) is 24.9. The van der Waals surface area contributed by atoms with Crippen LogP contribution in [-0.2, 0) is 0 Å². The molecule has 0 bridgehead atoms. The molecule has 0 spiro atoms. The first-order chi connectivity index (χ1) is 18.1. The van der Waals surface area contributed by atoms with E-state index < -0.39 is 0 Å². The van der Waals surface area contributed by atoms with E-state index >= 15 is 0 Å². The van der Waals surface area contributed by atoms with Crippen LogP contribution in [0.15, 0.2) is 103 Å². The highest BCUT2D eigenvalue weighted by Crippen LogP contribution is 2.35. The predicted molar refractivity (Wildman–Crippen MR) is 144 cm³/mol. The maximum Gasteiger partial charge on any atom is 0.265 e. The summed E-state index contributed by atoms with van der Waals surface area (Å²) in [5, 5.41) is 12.7. The second kappa shape index (κ2) is 9.63. The summed E-state index contributed by atoms with van der Waals surface area (Å²) in [4.78, 5) is 22.3. The maximum absolute atomic E-state index is 13.7. The molecule has 37 heavy (non-hydrogen) atoms. The first kappa shape index (κ1) is 22.6. The molecule has 9 heteroatoms. The van der Waals surface area contributed by atoms with Crippen molar-refractivity contribution in [1.29, 1.82) is 0 Å². The second-order valence-corrected chi connectivity index (χ2v) is 9.11. The number of carbonyl (C=O) groups excluding carboxylic acids is 1. The van der Waals surface area contributed by atoms with Crippen LogP contribution in [0.4, 0.5) is 21.7 Å². The Kier molecular flexibility index (Phi) is 5.88. The number of rotatable bonds is 6. The Morgan fingerprint density at radius 3 is 2.68 bits per heavy atom. The van der Waals surface area contributed by atoms with E-state index in [1.165, 1.54) is 23.5 Å². The third-order valence-electron chi connectivity index (χ3n) is 5.67. The molecule has 0 aliphatic carbocycles. The summed E-state index contributed by atoms with van der Waals surface area (Å²) in [6.45, 7) is 0. The number of halogens is 1. The number of nitrogens with one attached hydrogen (secondary N) is 2. The van der Waals surface area contributed by atoms with E-state index in [1.54, 1.807) is 28.9 Å². The van der Waals surface area contributed by atoms with Crippen molar-refractivity contribution in [2.24, 2.45) is 0 Å². The van der Waals surface area contributed by atoms with Gasteiger partial charge in [-0.3, -0.25) is 4.79 Å². The van der Waals surface area contributed by atoms with Gasteiger partial charge in [0.05, 0.1) is 21.7 Å². The van der Waals surface area contributed by atoms with Gasteiger partial charge < -0.3 is 10.6 Å². The number of anilines is 3. The number of benzene rings is 2. The summed E-state index contributed by atoms with van der Waals surface area (Å²) in [5.41, 5.74) is 5.06. The first-order valence-electron chi connectivity index (χ1n) is 11.4. The number of carbonyl (C=O) groups is 1. The molecule has 0 atom stereocenters. The Balaban J connectivity index is 1.41. The monoisotopic (exact) mass is 506 g/mol. The number of amides is 1. The van der Waals surface area contributed by atoms with Crippen molar-refractivity contribution in [1.82, 2.24) is 19.6 Å². The SMILES string of the molecule is O=C(Nc1cccc(-c2nn3ccccc3c2-c2ccnc(Nc3cccc(F)c3)n2)c1)c1cccs1. The average Bonchev–Trinajstić information content (AvgIpc) is 3.58. The molecule has 1 amide bonds. The normalized spacial score (nSPS) is 10.9. The summed E-state index contributed by atoms with van der Waals surface area (Å²) in [5.74, 6) is -0.176. The average molecular weight is 507 g/mol. The largest absolute Gasteiger partial charge is 0.324 e. The minimum Gasteiger partial charge on any atom is -0.324 e. The number of hydrogen-bond acceptors (Lipinski definition) is 6. The van der Waals surface area contributed by atoms with Gasteiger partial charge in [-0.15, -0.1) is 11.3 Å². The van der Waals surface area contributed by atoms with E-state index in [0.29, 0.717) is 33.6 Å². The Labute approximate surface area is 215 Å². The van der Waals surface area contributed by atoms with Crippen molar-refractivity contribution in [3.63, 3.8) is 0 Å². The molecule has 6 aromatic rings. The van der Waals surface area contributed by atoms with Gasteiger partial charge in [0, 0.05) is 29.3 Å². The van der Waals surface area contributed by atoms with Crippen LogP contribution in [0.1, 0.15) is 9.67 Å². The highest BCUT2D eigenvalue weighted by atomic mass is 32.1. The zero-order valence-electron chi connectivity index (χ0n) is 19.3. The van der Waals surface area contributed by atoms with Crippen molar-refractivity contribution < 1.29 is 9.18 Å². The van der Waals surface area contributed by atoms with Gasteiger partial charge in [0.1, 0.15) is 11.5 Å². The second-order valence-electron chi connectivity index (χ2n) is 8.17. The van der Waals surface area contributed by atoms with E-state index in [0.717, 1.165) is 16.6 Å². The topological polar surface area (TPSA) is 84.2 Å². The molecule has 180 valence electrons. The number of hydrogen-bond donors (Lipinski definition) is 2. The van der Waals surface area contributed by atoms with Crippen LogP contribution in [-0.4, -0.2) is 25.5 Å². The van der Waals surface area contributed by atoms with Crippen molar-refractivity contribution in [2.75, 3.05) is 10.6 Å². The molecule has 0 radical (unpaired) electrons. The molecule has 7 nitrogen and oxygen atoms in total. The number of fused-ring (bicyclic) bond motifs is 1. The van der Waals surface area contributed by atoms with Crippen LogP contribution in [0, 0.1) is 5.82 Å². The molecule has 0 fully saturated rings. The third-order valence-corrected chi connectivity index (χ3v) is 6.54. The van der Waals surface area contributed by atoms with Gasteiger partial charge in [0.2, 0.25) is 5.95 Å². The number of nitrogens with zero attached hydrogens (tertiary/aromatic N) is 4.